The van der Waals surface area contributed by atoms with Crippen LogP contribution in [0.2, 0.25) is 18.1 Å². The van der Waals surface area contributed by atoms with Crippen LogP contribution in [0.15, 0.2) is 22.6 Å². The molecular formula is C18H26O4Si. The lowest BCUT2D eigenvalue weighted by Crippen LogP contribution is -2.43. The molecule has 1 heterocycles. The van der Waals surface area contributed by atoms with Crippen LogP contribution < -0.4 is 4.43 Å². The molecule has 1 aromatic carbocycles. The van der Waals surface area contributed by atoms with Crippen LogP contribution in [0.1, 0.15) is 43.8 Å². The van der Waals surface area contributed by atoms with E-state index in [0.29, 0.717) is 23.5 Å². The quantitative estimate of drug-likeness (QED) is 0.562. The summed E-state index contributed by atoms with van der Waals surface area (Å²) in [5.41, 5.74) is 1.11. The topological polar surface area (TPSA) is 48.7 Å². The Morgan fingerprint density at radius 1 is 1.22 bits per heavy atom. The first-order chi connectivity index (χ1) is 10.5. The summed E-state index contributed by atoms with van der Waals surface area (Å²) in [6, 6.07) is 5.45. The standard InChI is InChI=1S/C18H26O4Si/c1-8-20-17(19)13-10-15-14(9-12(2)21-15)16(11-13)22-23(6,7)18(3,4)5/h9-11H,8H2,1-7H3. The smallest absolute Gasteiger partial charge is 0.338 e. The van der Waals surface area contributed by atoms with Gasteiger partial charge in [0.2, 0.25) is 0 Å². The van der Waals surface area contributed by atoms with Gasteiger partial charge in [0.05, 0.1) is 17.6 Å². The predicted octanol–water partition coefficient (Wildman–Crippen LogP) is 5.30. The molecule has 2 rings (SSSR count). The molecule has 4 nitrogen and oxygen atoms in total. The molecule has 0 unspecified atom stereocenters. The Morgan fingerprint density at radius 3 is 2.43 bits per heavy atom. The lowest BCUT2D eigenvalue weighted by Gasteiger charge is -2.36. The predicted molar refractivity (Wildman–Crippen MR) is 94.7 cm³/mol. The highest BCUT2D eigenvalue weighted by Crippen LogP contribution is 2.40. The number of aryl methyl sites for hydroxylation is 1. The Kier molecular flexibility index (Phi) is 4.62. The molecule has 2 aromatic rings. The Balaban J connectivity index is 2.54. The van der Waals surface area contributed by atoms with E-state index in [4.69, 9.17) is 13.6 Å². The SMILES string of the molecule is CCOC(=O)c1cc(O[Si](C)(C)C(C)(C)C)c2cc(C)oc2c1. The van der Waals surface area contributed by atoms with Crippen LogP contribution in [-0.4, -0.2) is 20.9 Å². The molecule has 126 valence electrons. The van der Waals surface area contributed by atoms with Gasteiger partial charge in [0, 0.05) is 0 Å². The van der Waals surface area contributed by atoms with Crippen molar-refractivity contribution in [3.05, 3.63) is 29.5 Å². The number of furan rings is 1. The van der Waals surface area contributed by atoms with Gasteiger partial charge in [-0.05, 0) is 50.2 Å². The molecule has 1 aromatic heterocycles. The van der Waals surface area contributed by atoms with Crippen molar-refractivity contribution >= 4 is 25.3 Å². The van der Waals surface area contributed by atoms with Crippen LogP contribution in [0.3, 0.4) is 0 Å². The highest BCUT2D eigenvalue weighted by molar-refractivity contribution is 6.74. The molecule has 0 N–H and O–H groups in total. The van der Waals surface area contributed by atoms with Crippen molar-refractivity contribution in [3.63, 3.8) is 0 Å². The van der Waals surface area contributed by atoms with E-state index in [9.17, 15) is 4.79 Å². The van der Waals surface area contributed by atoms with Crippen molar-refractivity contribution in [2.45, 2.75) is 52.8 Å². The second kappa shape index (κ2) is 6.04. The van der Waals surface area contributed by atoms with E-state index in [1.165, 1.54) is 0 Å². The van der Waals surface area contributed by atoms with Gasteiger partial charge in [0.25, 0.3) is 8.32 Å². The summed E-state index contributed by atoms with van der Waals surface area (Å²) in [6.07, 6.45) is 0. The van der Waals surface area contributed by atoms with Crippen LogP contribution in [0.5, 0.6) is 5.75 Å². The summed E-state index contributed by atoms with van der Waals surface area (Å²) in [5, 5.41) is 0.971. The second-order valence-electron chi connectivity index (χ2n) is 7.33. The minimum atomic E-state index is -2.02. The van der Waals surface area contributed by atoms with Crippen molar-refractivity contribution in [2.75, 3.05) is 6.61 Å². The van der Waals surface area contributed by atoms with Gasteiger partial charge in [-0.2, -0.15) is 0 Å². The number of carbonyl (C=O) groups is 1. The third-order valence-electron chi connectivity index (χ3n) is 4.41. The fourth-order valence-corrected chi connectivity index (χ4v) is 3.10. The summed E-state index contributed by atoms with van der Waals surface area (Å²) < 4.78 is 17.2. The van der Waals surface area contributed by atoms with Crippen molar-refractivity contribution in [1.82, 2.24) is 0 Å². The van der Waals surface area contributed by atoms with Gasteiger partial charge in [-0.15, -0.1) is 0 Å². The Labute approximate surface area is 138 Å². The van der Waals surface area contributed by atoms with E-state index in [2.05, 4.69) is 33.9 Å². The molecule has 5 heteroatoms. The minimum Gasteiger partial charge on any atom is -0.543 e. The first-order valence-electron chi connectivity index (χ1n) is 7.95. The maximum Gasteiger partial charge on any atom is 0.338 e. The van der Waals surface area contributed by atoms with Crippen LogP contribution in [-0.2, 0) is 4.74 Å². The van der Waals surface area contributed by atoms with Crippen molar-refractivity contribution < 1.29 is 18.4 Å². The molecule has 0 spiro atoms. The maximum absolute atomic E-state index is 12.1. The van der Waals surface area contributed by atoms with E-state index in [0.717, 1.165) is 11.1 Å². The van der Waals surface area contributed by atoms with Gasteiger partial charge < -0.3 is 13.6 Å². The van der Waals surface area contributed by atoms with Crippen molar-refractivity contribution in [3.8, 4) is 5.75 Å². The van der Waals surface area contributed by atoms with E-state index in [1.807, 2.05) is 13.0 Å². The van der Waals surface area contributed by atoms with Crippen molar-refractivity contribution in [1.29, 1.82) is 0 Å². The largest absolute Gasteiger partial charge is 0.543 e. The number of esters is 1. The number of benzene rings is 1. The summed E-state index contributed by atoms with van der Waals surface area (Å²) in [5.74, 6) is 1.14. The van der Waals surface area contributed by atoms with Crippen LogP contribution in [0.4, 0.5) is 0 Å². The monoisotopic (exact) mass is 334 g/mol. The Hall–Kier alpha value is -1.75. The molecule has 0 fully saturated rings. The summed E-state index contributed by atoms with van der Waals surface area (Å²) in [4.78, 5) is 12.1. The number of rotatable bonds is 4. The normalized spacial score (nSPS) is 12.5. The van der Waals surface area contributed by atoms with Gasteiger partial charge in [0.15, 0.2) is 0 Å². The molecule has 0 saturated heterocycles. The second-order valence-corrected chi connectivity index (χ2v) is 12.1. The molecule has 0 bridgehead atoms. The van der Waals surface area contributed by atoms with E-state index < -0.39 is 8.32 Å². The molecular weight excluding hydrogens is 308 g/mol. The third kappa shape index (κ3) is 3.60. The third-order valence-corrected chi connectivity index (χ3v) is 8.75. The van der Waals surface area contributed by atoms with Gasteiger partial charge in [-0.1, -0.05) is 20.8 Å². The van der Waals surface area contributed by atoms with Gasteiger partial charge >= 0.3 is 5.97 Å². The Bertz CT molecular complexity index is 722. The first-order valence-corrected chi connectivity index (χ1v) is 10.9. The zero-order chi connectivity index (χ0) is 17.4. The van der Waals surface area contributed by atoms with E-state index >= 15 is 0 Å². The van der Waals surface area contributed by atoms with Crippen LogP contribution in [0.25, 0.3) is 11.0 Å². The number of hydrogen-bond donors (Lipinski definition) is 0. The molecule has 0 radical (unpaired) electrons. The first kappa shape index (κ1) is 17.6. The Morgan fingerprint density at radius 2 is 1.87 bits per heavy atom. The molecule has 0 aliphatic carbocycles. The summed E-state index contributed by atoms with van der Waals surface area (Å²) in [7, 11) is -2.02. The minimum absolute atomic E-state index is 0.0675. The van der Waals surface area contributed by atoms with Crippen LogP contribution in [0, 0.1) is 6.92 Å². The van der Waals surface area contributed by atoms with Crippen LogP contribution >= 0.6 is 0 Å². The lowest BCUT2D eigenvalue weighted by atomic mass is 10.1. The fourth-order valence-electron chi connectivity index (χ4n) is 2.08. The summed E-state index contributed by atoms with van der Waals surface area (Å²) >= 11 is 0. The number of ether oxygens (including phenoxy) is 1. The molecule has 0 saturated carbocycles. The fraction of sp³-hybridized carbons (Fsp3) is 0.500. The maximum atomic E-state index is 12.1. The number of carbonyl (C=O) groups excluding carboxylic acids is 1. The molecule has 23 heavy (non-hydrogen) atoms. The van der Waals surface area contributed by atoms with Gasteiger partial charge in [0.1, 0.15) is 17.1 Å². The molecule has 0 amide bonds. The summed E-state index contributed by atoms with van der Waals surface area (Å²) in [6.45, 7) is 14.9. The zero-order valence-electron chi connectivity index (χ0n) is 15.1. The highest BCUT2D eigenvalue weighted by atomic mass is 28.4. The average molecular weight is 334 g/mol. The molecule has 0 aliphatic heterocycles. The van der Waals surface area contributed by atoms with Gasteiger partial charge in [-0.3, -0.25) is 0 Å². The number of fused-ring (bicyclic) bond motifs is 1. The average Bonchev–Trinajstić information content (AvgIpc) is 2.78. The zero-order valence-corrected chi connectivity index (χ0v) is 16.1. The van der Waals surface area contributed by atoms with E-state index in [1.54, 1.807) is 19.1 Å². The highest BCUT2D eigenvalue weighted by Gasteiger charge is 2.39. The van der Waals surface area contributed by atoms with Gasteiger partial charge in [-0.25, -0.2) is 4.79 Å². The lowest BCUT2D eigenvalue weighted by molar-refractivity contribution is 0.0526. The number of hydrogen-bond acceptors (Lipinski definition) is 4. The molecule has 0 atom stereocenters. The molecule has 0 aliphatic rings. The van der Waals surface area contributed by atoms with Crippen molar-refractivity contribution in [2.24, 2.45) is 0 Å². The van der Waals surface area contributed by atoms with E-state index in [-0.39, 0.29) is 11.0 Å².